The number of sulfone groups is 1. The van der Waals surface area contributed by atoms with Crippen LogP contribution < -0.4 is 5.32 Å². The van der Waals surface area contributed by atoms with E-state index in [0.29, 0.717) is 25.8 Å². The van der Waals surface area contributed by atoms with Crippen LogP contribution in [0.5, 0.6) is 0 Å². The summed E-state index contributed by atoms with van der Waals surface area (Å²) in [5.41, 5.74) is 0. The number of carbonyl (C=O) groups is 2. The van der Waals surface area contributed by atoms with Crippen molar-refractivity contribution in [3.63, 3.8) is 0 Å². The molecule has 2 N–H and O–H groups in total. The number of amides is 1. The van der Waals surface area contributed by atoms with Crippen LogP contribution in [0.2, 0.25) is 0 Å². The summed E-state index contributed by atoms with van der Waals surface area (Å²) >= 11 is 1.51. The molecule has 0 aromatic carbocycles. The first-order chi connectivity index (χ1) is 11.8. The number of hydrogen-bond acceptors (Lipinski definition) is 6. The van der Waals surface area contributed by atoms with Gasteiger partial charge in [0.05, 0.1) is 24.6 Å². The van der Waals surface area contributed by atoms with Gasteiger partial charge in [-0.1, -0.05) is 19.4 Å². The molecule has 1 aromatic rings. The summed E-state index contributed by atoms with van der Waals surface area (Å²) in [6.07, 6.45) is 1.56. The zero-order chi connectivity index (χ0) is 18.4. The molecule has 1 fully saturated rings. The van der Waals surface area contributed by atoms with Gasteiger partial charge in [-0.15, -0.1) is 11.3 Å². The number of aliphatic carboxylic acids is 1. The first-order valence-electron chi connectivity index (χ1n) is 8.31. The van der Waals surface area contributed by atoms with Gasteiger partial charge in [-0.05, 0) is 24.3 Å². The number of carboxylic acid groups (broad SMARTS) is 1. The number of rotatable bonds is 9. The average Bonchev–Trinajstić information content (AvgIpc) is 3.17. The van der Waals surface area contributed by atoms with E-state index < -0.39 is 21.8 Å². The largest absolute Gasteiger partial charge is 0.480 e. The average molecular weight is 389 g/mol. The number of nitrogens with one attached hydrogen (secondary N) is 1. The van der Waals surface area contributed by atoms with Crippen molar-refractivity contribution >= 4 is 33.1 Å². The van der Waals surface area contributed by atoms with E-state index in [4.69, 9.17) is 0 Å². The minimum Gasteiger partial charge on any atom is -0.480 e. The Morgan fingerprint density at radius 3 is 2.76 bits per heavy atom. The van der Waals surface area contributed by atoms with Crippen molar-refractivity contribution in [2.75, 3.05) is 18.1 Å². The molecule has 1 aliphatic heterocycles. The molecule has 7 nitrogen and oxygen atoms in total. The van der Waals surface area contributed by atoms with Gasteiger partial charge in [0, 0.05) is 10.9 Å². The minimum atomic E-state index is -3.11. The van der Waals surface area contributed by atoms with Gasteiger partial charge in [-0.2, -0.15) is 0 Å². The molecule has 2 atom stereocenters. The van der Waals surface area contributed by atoms with E-state index in [1.54, 1.807) is 4.90 Å². The second-order valence-electron chi connectivity index (χ2n) is 6.22. The Kier molecular flexibility index (Phi) is 6.97. The van der Waals surface area contributed by atoms with Crippen molar-refractivity contribution in [2.24, 2.45) is 0 Å². The van der Waals surface area contributed by atoms with Crippen molar-refractivity contribution < 1.29 is 23.1 Å². The molecule has 9 heteroatoms. The number of nitrogens with zero attached hydrogens (tertiary/aromatic N) is 1. The molecule has 2 rings (SSSR count). The van der Waals surface area contributed by atoms with Crippen molar-refractivity contribution in [3.05, 3.63) is 22.4 Å². The molecule has 0 saturated carbocycles. The molecule has 0 radical (unpaired) electrons. The second kappa shape index (κ2) is 8.77. The molecule has 1 amide bonds. The molecule has 2 unspecified atom stereocenters. The molecule has 0 aliphatic carbocycles. The van der Waals surface area contributed by atoms with Crippen molar-refractivity contribution in [2.45, 2.75) is 44.8 Å². The lowest BCUT2D eigenvalue weighted by Crippen LogP contribution is -2.48. The van der Waals surface area contributed by atoms with Gasteiger partial charge in [0.25, 0.3) is 0 Å². The molecular formula is C16H24N2O5S2. The third-order valence-electron chi connectivity index (χ3n) is 4.25. The van der Waals surface area contributed by atoms with Gasteiger partial charge in [-0.3, -0.25) is 14.9 Å². The van der Waals surface area contributed by atoms with Crippen molar-refractivity contribution in [1.29, 1.82) is 0 Å². The summed E-state index contributed by atoms with van der Waals surface area (Å²) in [6, 6.07) is 2.66. The van der Waals surface area contributed by atoms with E-state index in [1.165, 1.54) is 11.3 Å². The van der Waals surface area contributed by atoms with Crippen LogP contribution in [0.1, 0.15) is 31.1 Å². The monoisotopic (exact) mass is 388 g/mol. The van der Waals surface area contributed by atoms with E-state index in [1.807, 2.05) is 24.4 Å². The molecule has 140 valence electrons. The highest BCUT2D eigenvalue weighted by molar-refractivity contribution is 7.91. The number of thiophene rings is 1. The summed E-state index contributed by atoms with van der Waals surface area (Å²) < 4.78 is 23.6. The topological polar surface area (TPSA) is 104 Å². The van der Waals surface area contributed by atoms with E-state index in [-0.39, 0.29) is 30.0 Å². The molecule has 25 heavy (non-hydrogen) atoms. The fourth-order valence-corrected chi connectivity index (χ4v) is 5.36. The smallest absolute Gasteiger partial charge is 0.320 e. The maximum atomic E-state index is 12.7. The summed E-state index contributed by atoms with van der Waals surface area (Å²) in [5, 5.41) is 13.9. The molecule has 0 spiro atoms. The van der Waals surface area contributed by atoms with Gasteiger partial charge in [0.1, 0.15) is 6.04 Å². The number of carboxylic acids is 1. The molecule has 1 saturated heterocycles. The van der Waals surface area contributed by atoms with Crippen LogP contribution in [-0.2, 0) is 26.0 Å². The first kappa shape index (κ1) is 19.9. The SMILES string of the molecule is CCCC(NCC(=O)N(Cc1cccs1)C1CCS(=O)(=O)C1)C(=O)O. The van der Waals surface area contributed by atoms with Crippen LogP contribution in [-0.4, -0.2) is 60.4 Å². The standard InChI is InChI=1S/C16H24N2O5S2/c1-2-4-14(16(20)21)17-9-15(19)18(10-13-5-3-7-24-13)12-6-8-25(22,23)11-12/h3,5,7,12,14,17H,2,4,6,8-11H2,1H3,(H,20,21). The maximum absolute atomic E-state index is 12.7. The van der Waals surface area contributed by atoms with Gasteiger partial charge >= 0.3 is 5.97 Å². The van der Waals surface area contributed by atoms with Crippen LogP contribution in [0, 0.1) is 0 Å². The Morgan fingerprint density at radius 1 is 1.48 bits per heavy atom. The van der Waals surface area contributed by atoms with Gasteiger partial charge < -0.3 is 10.0 Å². The zero-order valence-electron chi connectivity index (χ0n) is 14.2. The zero-order valence-corrected chi connectivity index (χ0v) is 15.8. The molecule has 2 heterocycles. The minimum absolute atomic E-state index is 0.0264. The lowest BCUT2D eigenvalue weighted by molar-refractivity contribution is -0.140. The summed E-state index contributed by atoms with van der Waals surface area (Å²) in [7, 11) is -3.11. The van der Waals surface area contributed by atoms with E-state index >= 15 is 0 Å². The fourth-order valence-electron chi connectivity index (χ4n) is 2.93. The molecule has 1 aliphatic rings. The number of carbonyl (C=O) groups excluding carboxylic acids is 1. The number of hydrogen-bond donors (Lipinski definition) is 2. The Bertz CT molecular complexity index is 687. The fraction of sp³-hybridized carbons (Fsp3) is 0.625. The van der Waals surface area contributed by atoms with E-state index in [0.717, 1.165) is 4.88 Å². The highest BCUT2D eigenvalue weighted by Crippen LogP contribution is 2.22. The Labute approximate surface area is 151 Å². The maximum Gasteiger partial charge on any atom is 0.320 e. The molecule has 0 bridgehead atoms. The third-order valence-corrected chi connectivity index (χ3v) is 6.86. The van der Waals surface area contributed by atoms with Crippen molar-refractivity contribution in [1.82, 2.24) is 10.2 Å². The lowest BCUT2D eigenvalue weighted by atomic mass is 10.1. The van der Waals surface area contributed by atoms with E-state index in [2.05, 4.69) is 5.32 Å². The Morgan fingerprint density at radius 2 is 2.24 bits per heavy atom. The van der Waals surface area contributed by atoms with Crippen LogP contribution in [0.15, 0.2) is 17.5 Å². The highest BCUT2D eigenvalue weighted by Gasteiger charge is 2.35. The summed E-state index contributed by atoms with van der Waals surface area (Å²) in [5.74, 6) is -1.19. The van der Waals surface area contributed by atoms with Gasteiger partial charge in [0.15, 0.2) is 9.84 Å². The van der Waals surface area contributed by atoms with E-state index in [9.17, 15) is 23.1 Å². The van der Waals surface area contributed by atoms with Crippen LogP contribution >= 0.6 is 11.3 Å². The van der Waals surface area contributed by atoms with Gasteiger partial charge in [-0.25, -0.2) is 8.42 Å². The Hall–Kier alpha value is -1.45. The summed E-state index contributed by atoms with van der Waals surface area (Å²) in [4.78, 5) is 26.4. The second-order valence-corrected chi connectivity index (χ2v) is 9.48. The molecular weight excluding hydrogens is 364 g/mol. The van der Waals surface area contributed by atoms with Crippen LogP contribution in [0.3, 0.4) is 0 Å². The molecule has 1 aromatic heterocycles. The quantitative estimate of drug-likeness (QED) is 0.657. The summed E-state index contributed by atoms with van der Waals surface area (Å²) in [6.45, 7) is 2.12. The van der Waals surface area contributed by atoms with Crippen molar-refractivity contribution in [3.8, 4) is 0 Å². The first-order valence-corrected chi connectivity index (χ1v) is 11.0. The Balaban J connectivity index is 2.06. The van der Waals surface area contributed by atoms with Crippen LogP contribution in [0.4, 0.5) is 0 Å². The van der Waals surface area contributed by atoms with Gasteiger partial charge in [0.2, 0.25) is 5.91 Å². The highest BCUT2D eigenvalue weighted by atomic mass is 32.2. The lowest BCUT2D eigenvalue weighted by Gasteiger charge is -2.28. The normalized spacial score (nSPS) is 20.3. The predicted molar refractivity (Wildman–Crippen MR) is 96.3 cm³/mol. The third kappa shape index (κ3) is 5.79. The van der Waals surface area contributed by atoms with Crippen LogP contribution in [0.25, 0.3) is 0 Å². The predicted octanol–water partition coefficient (Wildman–Crippen LogP) is 1.11.